The number of hydrogen-bond acceptors (Lipinski definition) is 3. The van der Waals surface area contributed by atoms with Crippen molar-refractivity contribution in [2.75, 3.05) is 0 Å². The van der Waals surface area contributed by atoms with Gasteiger partial charge < -0.3 is 14.7 Å². The van der Waals surface area contributed by atoms with Crippen LogP contribution in [0, 0.1) is 0 Å². The average molecular weight is 295 g/mol. The van der Waals surface area contributed by atoms with E-state index >= 15 is 0 Å². The minimum atomic E-state index is 0.0157. The highest BCUT2D eigenvalue weighted by Crippen LogP contribution is 2.34. The van der Waals surface area contributed by atoms with Gasteiger partial charge in [-0.25, -0.2) is 4.98 Å². The number of nitrogens with one attached hydrogen (secondary N) is 2. The van der Waals surface area contributed by atoms with Crippen LogP contribution in [0.2, 0.25) is 0 Å². The average Bonchev–Trinajstić information content (AvgIpc) is 3.10. The number of furan rings is 1. The number of hydrogen-bond donors (Lipinski definition) is 2. The lowest BCUT2D eigenvalue weighted by Gasteiger charge is -2.34. The Kier molecular flexibility index (Phi) is 3.18. The maximum Gasteiger partial charge on any atom is 0.227 e. The smallest absolute Gasteiger partial charge is 0.227 e. The summed E-state index contributed by atoms with van der Waals surface area (Å²) in [6.45, 7) is 0. The van der Waals surface area contributed by atoms with E-state index in [0.717, 1.165) is 29.6 Å². The Labute approximate surface area is 127 Å². The monoisotopic (exact) mass is 295 g/mol. The van der Waals surface area contributed by atoms with Crippen LogP contribution in [-0.4, -0.2) is 21.9 Å². The Bertz CT molecular complexity index is 752. The van der Waals surface area contributed by atoms with E-state index in [2.05, 4.69) is 15.3 Å². The number of nitrogens with zero attached hydrogens (tertiary/aromatic N) is 1. The van der Waals surface area contributed by atoms with E-state index in [1.54, 1.807) is 6.20 Å². The first-order valence-electron chi connectivity index (χ1n) is 7.54. The van der Waals surface area contributed by atoms with Gasteiger partial charge in [0.05, 0.1) is 6.42 Å². The lowest BCUT2D eigenvalue weighted by Crippen LogP contribution is -2.44. The van der Waals surface area contributed by atoms with Crippen LogP contribution < -0.4 is 5.32 Å². The van der Waals surface area contributed by atoms with Crippen LogP contribution in [0.3, 0.4) is 0 Å². The summed E-state index contributed by atoms with van der Waals surface area (Å²) in [7, 11) is 0. The van der Waals surface area contributed by atoms with Gasteiger partial charge in [0.1, 0.15) is 17.2 Å². The zero-order chi connectivity index (χ0) is 14.9. The van der Waals surface area contributed by atoms with Gasteiger partial charge in [0.15, 0.2) is 0 Å². The highest BCUT2D eigenvalue weighted by atomic mass is 16.3. The number of para-hydroxylation sites is 1. The number of fused-ring (bicyclic) bond motifs is 1. The van der Waals surface area contributed by atoms with E-state index in [4.69, 9.17) is 4.42 Å². The molecule has 2 N–H and O–H groups in total. The number of carbonyl (C=O) groups excluding carboxylic acids is 1. The molecule has 2 aromatic heterocycles. The maximum atomic E-state index is 12.1. The van der Waals surface area contributed by atoms with Crippen molar-refractivity contribution in [3.8, 4) is 0 Å². The summed E-state index contributed by atoms with van der Waals surface area (Å²) in [4.78, 5) is 19.5. The van der Waals surface area contributed by atoms with Crippen molar-refractivity contribution >= 4 is 16.9 Å². The molecule has 0 aliphatic heterocycles. The molecule has 1 fully saturated rings. The lowest BCUT2D eigenvalue weighted by molar-refractivity contribution is -0.122. The highest BCUT2D eigenvalue weighted by Gasteiger charge is 2.32. The Morgan fingerprint density at radius 1 is 1.36 bits per heavy atom. The fraction of sp³-hybridized carbons (Fsp3) is 0.294. The van der Waals surface area contributed by atoms with Crippen molar-refractivity contribution in [3.05, 3.63) is 54.3 Å². The first-order chi connectivity index (χ1) is 10.8. The summed E-state index contributed by atoms with van der Waals surface area (Å²) in [5, 5.41) is 4.09. The maximum absolute atomic E-state index is 12.1. The molecule has 22 heavy (non-hydrogen) atoms. The number of amides is 1. The third kappa shape index (κ3) is 2.50. The van der Waals surface area contributed by atoms with Gasteiger partial charge in [0, 0.05) is 29.7 Å². The molecule has 1 aliphatic carbocycles. The quantitative estimate of drug-likeness (QED) is 0.777. The number of H-pyrrole nitrogens is 1. The van der Waals surface area contributed by atoms with Gasteiger partial charge in [0.2, 0.25) is 5.91 Å². The van der Waals surface area contributed by atoms with Crippen molar-refractivity contribution in [1.29, 1.82) is 0 Å². The molecule has 0 unspecified atom stereocenters. The molecule has 112 valence electrons. The Morgan fingerprint density at radius 2 is 2.23 bits per heavy atom. The number of aromatic amines is 1. The summed E-state index contributed by atoms with van der Waals surface area (Å²) in [6, 6.07) is 9.97. The Morgan fingerprint density at radius 3 is 3.00 bits per heavy atom. The summed E-state index contributed by atoms with van der Waals surface area (Å²) in [5.41, 5.74) is 0.826. The van der Waals surface area contributed by atoms with Crippen molar-refractivity contribution < 1.29 is 9.21 Å². The number of carbonyl (C=O) groups is 1. The molecule has 1 aromatic carbocycles. The first kappa shape index (κ1) is 13.1. The minimum Gasteiger partial charge on any atom is -0.461 e. The molecule has 0 radical (unpaired) electrons. The molecule has 2 heterocycles. The molecule has 0 spiro atoms. The summed E-state index contributed by atoms with van der Waals surface area (Å²) in [5.74, 6) is 2.18. The Hall–Kier alpha value is -2.56. The van der Waals surface area contributed by atoms with E-state index in [1.807, 2.05) is 36.5 Å². The van der Waals surface area contributed by atoms with Gasteiger partial charge in [0.25, 0.3) is 0 Å². The SMILES string of the molecule is O=C(Cc1cc2ccccc2o1)NC1CC(c2ncc[nH]2)C1. The normalized spacial score (nSPS) is 20.7. The molecule has 1 saturated carbocycles. The summed E-state index contributed by atoms with van der Waals surface area (Å²) >= 11 is 0. The number of aromatic nitrogens is 2. The second-order valence-corrected chi connectivity index (χ2v) is 5.83. The van der Waals surface area contributed by atoms with E-state index in [9.17, 15) is 4.79 Å². The topological polar surface area (TPSA) is 70.9 Å². The standard InChI is InChI=1S/C17H17N3O2/c21-16(10-14-9-11-3-1-2-4-15(11)22-14)20-13-7-12(8-13)17-18-5-6-19-17/h1-6,9,12-13H,7-8,10H2,(H,18,19)(H,20,21). The highest BCUT2D eigenvalue weighted by molar-refractivity contribution is 5.82. The van der Waals surface area contributed by atoms with Gasteiger partial charge in [-0.2, -0.15) is 0 Å². The molecule has 0 saturated heterocycles. The van der Waals surface area contributed by atoms with Crippen LogP contribution in [0.25, 0.3) is 11.0 Å². The fourth-order valence-electron chi connectivity index (χ4n) is 3.02. The van der Waals surface area contributed by atoms with Crippen molar-refractivity contribution in [2.45, 2.75) is 31.2 Å². The molecular formula is C17H17N3O2. The van der Waals surface area contributed by atoms with E-state index in [1.165, 1.54) is 0 Å². The first-order valence-corrected chi connectivity index (χ1v) is 7.54. The summed E-state index contributed by atoms with van der Waals surface area (Å²) < 4.78 is 5.68. The fourth-order valence-corrected chi connectivity index (χ4v) is 3.02. The number of rotatable bonds is 4. The molecule has 4 rings (SSSR count). The van der Waals surface area contributed by atoms with Gasteiger partial charge in [-0.15, -0.1) is 0 Å². The van der Waals surface area contributed by atoms with E-state index in [-0.39, 0.29) is 18.4 Å². The van der Waals surface area contributed by atoms with E-state index in [0.29, 0.717) is 11.7 Å². The van der Waals surface area contributed by atoms with Crippen molar-refractivity contribution in [1.82, 2.24) is 15.3 Å². The summed E-state index contributed by atoms with van der Waals surface area (Å²) in [6.07, 6.45) is 5.78. The third-order valence-corrected chi connectivity index (χ3v) is 4.22. The largest absolute Gasteiger partial charge is 0.461 e. The second kappa shape index (κ2) is 5.33. The minimum absolute atomic E-state index is 0.0157. The molecule has 1 aliphatic rings. The molecular weight excluding hydrogens is 278 g/mol. The molecule has 5 nitrogen and oxygen atoms in total. The van der Waals surface area contributed by atoms with Gasteiger partial charge in [-0.1, -0.05) is 18.2 Å². The van der Waals surface area contributed by atoms with E-state index < -0.39 is 0 Å². The van der Waals surface area contributed by atoms with Crippen LogP contribution >= 0.6 is 0 Å². The van der Waals surface area contributed by atoms with Crippen molar-refractivity contribution in [3.63, 3.8) is 0 Å². The van der Waals surface area contributed by atoms with Crippen LogP contribution in [-0.2, 0) is 11.2 Å². The zero-order valence-electron chi connectivity index (χ0n) is 12.1. The van der Waals surface area contributed by atoms with Crippen molar-refractivity contribution in [2.24, 2.45) is 0 Å². The lowest BCUT2D eigenvalue weighted by atomic mass is 9.79. The predicted molar refractivity (Wildman–Crippen MR) is 82.4 cm³/mol. The molecule has 0 bridgehead atoms. The van der Waals surface area contributed by atoms with Crippen LogP contribution in [0.5, 0.6) is 0 Å². The van der Waals surface area contributed by atoms with Crippen LogP contribution in [0.4, 0.5) is 0 Å². The third-order valence-electron chi connectivity index (χ3n) is 4.22. The van der Waals surface area contributed by atoms with Gasteiger partial charge in [-0.3, -0.25) is 4.79 Å². The molecule has 5 heteroatoms. The number of benzene rings is 1. The van der Waals surface area contributed by atoms with Crippen LogP contribution in [0.15, 0.2) is 47.1 Å². The predicted octanol–water partition coefficient (Wildman–Crippen LogP) is 2.76. The second-order valence-electron chi connectivity index (χ2n) is 5.83. The molecule has 3 aromatic rings. The van der Waals surface area contributed by atoms with Gasteiger partial charge >= 0.3 is 0 Å². The van der Waals surface area contributed by atoms with Gasteiger partial charge in [-0.05, 0) is 25.0 Å². The zero-order valence-corrected chi connectivity index (χ0v) is 12.1. The molecule has 0 atom stereocenters. The molecule has 1 amide bonds. The van der Waals surface area contributed by atoms with Crippen LogP contribution in [0.1, 0.15) is 30.3 Å². The Balaban J connectivity index is 1.32. The number of imidazole rings is 1.